The summed E-state index contributed by atoms with van der Waals surface area (Å²) >= 11 is 0. The number of fused-ring (bicyclic) bond motifs is 4. The van der Waals surface area contributed by atoms with E-state index in [1.165, 1.54) is 4.40 Å². The standard InChI is InChI=1S/C31H30N4O8/c1-34-10-8-18-20(28-29(43-16-42-28)27(39-2)21(18)14-34)13-32-25(36)12-19(17-6-7-22-23(11-17)41-15-40-22)26-30(37)33-24-5-3-4-9-35(24)31(26)38/h3-7,9,11,19,37H,8,10,12-16H2,1-2H3,(H,32,36). The first-order chi connectivity index (χ1) is 20.9. The van der Waals surface area contributed by atoms with Gasteiger partial charge < -0.3 is 39.0 Å². The lowest BCUT2D eigenvalue weighted by molar-refractivity contribution is -0.121. The number of aromatic nitrogens is 2. The number of carbonyl (C=O) groups is 1. The van der Waals surface area contributed by atoms with Gasteiger partial charge in [0.1, 0.15) is 5.65 Å². The maximum absolute atomic E-state index is 13.7. The summed E-state index contributed by atoms with van der Waals surface area (Å²) < 4.78 is 29.7. The summed E-state index contributed by atoms with van der Waals surface area (Å²) in [6.07, 6.45) is 2.21. The number of benzene rings is 2. The fraction of sp³-hybridized carbons (Fsp3) is 0.323. The molecule has 2 N–H and O–H groups in total. The Morgan fingerprint density at radius 3 is 2.77 bits per heavy atom. The molecule has 0 saturated carbocycles. The van der Waals surface area contributed by atoms with Crippen LogP contribution < -0.4 is 34.6 Å². The summed E-state index contributed by atoms with van der Waals surface area (Å²) in [5, 5.41) is 14.0. The maximum Gasteiger partial charge on any atom is 0.265 e. The van der Waals surface area contributed by atoms with Gasteiger partial charge >= 0.3 is 0 Å². The zero-order valence-corrected chi connectivity index (χ0v) is 23.7. The van der Waals surface area contributed by atoms with Gasteiger partial charge in [-0.2, -0.15) is 4.98 Å². The largest absolute Gasteiger partial charge is 0.493 e. The maximum atomic E-state index is 13.7. The van der Waals surface area contributed by atoms with Crippen molar-refractivity contribution in [2.45, 2.75) is 31.8 Å². The van der Waals surface area contributed by atoms with Crippen LogP contribution in [0.2, 0.25) is 0 Å². The Balaban J connectivity index is 1.23. The van der Waals surface area contributed by atoms with E-state index in [9.17, 15) is 14.7 Å². The first-order valence-electron chi connectivity index (χ1n) is 14.0. The summed E-state index contributed by atoms with van der Waals surface area (Å²) in [6, 6.07) is 10.3. The van der Waals surface area contributed by atoms with Crippen molar-refractivity contribution < 1.29 is 33.6 Å². The minimum Gasteiger partial charge on any atom is -0.493 e. The highest BCUT2D eigenvalue weighted by molar-refractivity contribution is 5.78. The van der Waals surface area contributed by atoms with Crippen LogP contribution in [0, 0.1) is 0 Å². The van der Waals surface area contributed by atoms with Gasteiger partial charge in [-0.25, -0.2) is 0 Å². The molecule has 3 aliphatic rings. The molecule has 7 rings (SSSR count). The number of pyridine rings is 1. The predicted octanol–water partition coefficient (Wildman–Crippen LogP) is 2.69. The highest BCUT2D eigenvalue weighted by Gasteiger charge is 2.33. The molecule has 1 amide bonds. The van der Waals surface area contributed by atoms with Gasteiger partial charge in [-0.05, 0) is 48.9 Å². The van der Waals surface area contributed by atoms with Gasteiger partial charge in [0.15, 0.2) is 23.0 Å². The number of hydrogen-bond acceptors (Lipinski definition) is 10. The normalized spacial score (nSPS) is 15.8. The van der Waals surface area contributed by atoms with E-state index in [4.69, 9.17) is 23.7 Å². The van der Waals surface area contributed by atoms with Gasteiger partial charge in [-0.15, -0.1) is 0 Å². The van der Waals surface area contributed by atoms with Crippen LogP contribution >= 0.6 is 0 Å². The molecule has 0 spiro atoms. The van der Waals surface area contributed by atoms with Gasteiger partial charge in [0.2, 0.25) is 31.1 Å². The quantitative estimate of drug-likeness (QED) is 0.333. The fourth-order valence-electron chi connectivity index (χ4n) is 6.14. The third-order valence-electron chi connectivity index (χ3n) is 8.22. The van der Waals surface area contributed by atoms with Crippen LogP contribution in [0.3, 0.4) is 0 Å². The zero-order valence-electron chi connectivity index (χ0n) is 23.7. The Kier molecular flexibility index (Phi) is 6.69. The molecule has 0 saturated heterocycles. The van der Waals surface area contributed by atoms with E-state index in [0.29, 0.717) is 46.5 Å². The number of nitrogens with zero attached hydrogens (tertiary/aromatic N) is 3. The highest BCUT2D eigenvalue weighted by Crippen LogP contribution is 2.49. The second-order valence-corrected chi connectivity index (χ2v) is 10.8. The second-order valence-electron chi connectivity index (χ2n) is 10.8. The highest BCUT2D eigenvalue weighted by atomic mass is 16.7. The first kappa shape index (κ1) is 26.9. The van der Waals surface area contributed by atoms with E-state index in [0.717, 1.165) is 29.7 Å². The molecule has 5 heterocycles. The summed E-state index contributed by atoms with van der Waals surface area (Å²) in [4.78, 5) is 33.8. The molecular formula is C31H30N4O8. The van der Waals surface area contributed by atoms with Crippen molar-refractivity contribution in [1.29, 1.82) is 0 Å². The molecule has 12 nitrogen and oxygen atoms in total. The Morgan fingerprint density at radius 2 is 1.91 bits per heavy atom. The van der Waals surface area contributed by atoms with E-state index in [1.54, 1.807) is 49.7 Å². The SMILES string of the molecule is COc1c2c(c(CNC(=O)CC(c3ccc4c(c3)OCO4)c3c(O)nc4ccccn4c3=O)c3c1OCO3)CCN(C)C2. The van der Waals surface area contributed by atoms with Gasteiger partial charge in [0.05, 0.1) is 12.7 Å². The molecule has 0 fully saturated rings. The van der Waals surface area contributed by atoms with E-state index >= 15 is 0 Å². The lowest BCUT2D eigenvalue weighted by Gasteiger charge is -2.29. The van der Waals surface area contributed by atoms with E-state index in [1.807, 2.05) is 7.05 Å². The molecule has 0 bridgehead atoms. The van der Waals surface area contributed by atoms with Crippen molar-refractivity contribution in [2.75, 3.05) is 34.3 Å². The monoisotopic (exact) mass is 586 g/mol. The minimum atomic E-state index is -0.824. The summed E-state index contributed by atoms with van der Waals surface area (Å²) in [7, 11) is 3.66. The molecule has 1 atom stereocenters. The molecule has 0 aliphatic carbocycles. The first-order valence-corrected chi connectivity index (χ1v) is 14.0. The van der Waals surface area contributed by atoms with Crippen LogP contribution in [-0.2, 0) is 24.3 Å². The van der Waals surface area contributed by atoms with Crippen LogP contribution in [0.1, 0.15) is 40.2 Å². The van der Waals surface area contributed by atoms with Gasteiger partial charge in [0.25, 0.3) is 5.56 Å². The van der Waals surface area contributed by atoms with Gasteiger partial charge in [-0.3, -0.25) is 14.0 Å². The molecule has 4 aromatic rings. The molecule has 0 radical (unpaired) electrons. The number of ether oxygens (including phenoxy) is 5. The number of hydrogen-bond donors (Lipinski definition) is 2. The molecule has 222 valence electrons. The third kappa shape index (κ3) is 4.63. The van der Waals surface area contributed by atoms with Gasteiger partial charge in [0, 0.05) is 49.3 Å². The van der Waals surface area contributed by atoms with Crippen molar-refractivity contribution in [2.24, 2.45) is 0 Å². The van der Waals surface area contributed by atoms with Crippen molar-refractivity contribution in [1.82, 2.24) is 19.6 Å². The minimum absolute atomic E-state index is 0.0141. The third-order valence-corrected chi connectivity index (χ3v) is 8.22. The Bertz CT molecular complexity index is 1820. The van der Waals surface area contributed by atoms with Crippen LogP contribution in [-0.4, -0.2) is 59.6 Å². The lowest BCUT2D eigenvalue weighted by Crippen LogP contribution is -2.31. The number of aromatic hydroxyl groups is 1. The van der Waals surface area contributed by atoms with Crippen LogP contribution in [0.5, 0.6) is 34.6 Å². The van der Waals surface area contributed by atoms with Crippen molar-refractivity contribution >= 4 is 11.6 Å². The Hall–Kier alpha value is -4.97. The summed E-state index contributed by atoms with van der Waals surface area (Å²) in [5.41, 5.74) is 3.39. The molecular weight excluding hydrogens is 556 g/mol. The van der Waals surface area contributed by atoms with Crippen molar-refractivity contribution in [3.8, 4) is 34.6 Å². The van der Waals surface area contributed by atoms with Crippen LogP contribution in [0.4, 0.5) is 0 Å². The smallest absolute Gasteiger partial charge is 0.265 e. The summed E-state index contributed by atoms with van der Waals surface area (Å²) in [5.74, 6) is 1.26. The number of methoxy groups -OCH3 is 1. The Morgan fingerprint density at radius 1 is 1.09 bits per heavy atom. The van der Waals surface area contributed by atoms with Gasteiger partial charge in [-0.1, -0.05) is 12.1 Å². The molecule has 12 heteroatoms. The average molecular weight is 587 g/mol. The van der Waals surface area contributed by atoms with Crippen molar-refractivity contribution in [3.63, 3.8) is 0 Å². The molecule has 3 aliphatic heterocycles. The number of likely N-dealkylation sites (N-methyl/N-ethyl adjacent to an activating group) is 1. The summed E-state index contributed by atoms with van der Waals surface area (Å²) in [6.45, 7) is 1.86. The van der Waals surface area contributed by atoms with E-state index in [-0.39, 0.29) is 38.0 Å². The Labute approximate surface area is 246 Å². The fourth-order valence-corrected chi connectivity index (χ4v) is 6.14. The number of rotatable bonds is 7. The number of nitrogens with one attached hydrogen (secondary N) is 1. The molecule has 2 aromatic carbocycles. The predicted molar refractivity (Wildman–Crippen MR) is 153 cm³/mol. The molecule has 1 unspecified atom stereocenters. The second kappa shape index (κ2) is 10.7. The van der Waals surface area contributed by atoms with Crippen LogP contribution in [0.25, 0.3) is 5.65 Å². The number of carbonyl (C=O) groups excluding carboxylic acids is 1. The van der Waals surface area contributed by atoms with E-state index in [2.05, 4.69) is 15.2 Å². The average Bonchev–Trinajstić information content (AvgIpc) is 3.68. The zero-order chi connectivity index (χ0) is 29.7. The topological polar surface area (TPSA) is 133 Å². The lowest BCUT2D eigenvalue weighted by atomic mass is 9.88. The van der Waals surface area contributed by atoms with Crippen molar-refractivity contribution in [3.05, 3.63) is 80.8 Å². The van der Waals surface area contributed by atoms with E-state index < -0.39 is 17.4 Å². The molecule has 43 heavy (non-hydrogen) atoms. The molecule has 2 aromatic heterocycles. The van der Waals surface area contributed by atoms with Crippen LogP contribution in [0.15, 0.2) is 47.4 Å². The number of amides is 1.